The number of esters is 1. The quantitative estimate of drug-likeness (QED) is 0.431. The lowest BCUT2D eigenvalue weighted by Crippen LogP contribution is -2.48. The van der Waals surface area contributed by atoms with Crippen molar-refractivity contribution in [2.75, 3.05) is 37.7 Å². The number of halogens is 3. The van der Waals surface area contributed by atoms with Crippen LogP contribution in [-0.4, -0.2) is 56.5 Å². The number of fused-ring (bicyclic) bond motifs is 1. The minimum atomic E-state index is -3.74. The molecule has 0 spiro atoms. The Balaban J connectivity index is 1.53. The van der Waals surface area contributed by atoms with Gasteiger partial charge < -0.3 is 9.64 Å². The summed E-state index contributed by atoms with van der Waals surface area (Å²) >= 11 is 19.7. The number of benzene rings is 2. The fourth-order valence-corrected chi connectivity index (χ4v) is 6.96. The van der Waals surface area contributed by atoms with Crippen molar-refractivity contribution in [2.45, 2.75) is 11.8 Å². The summed E-state index contributed by atoms with van der Waals surface area (Å²) in [6.07, 6.45) is 0. The lowest BCUT2D eigenvalue weighted by atomic mass is 10.2. The van der Waals surface area contributed by atoms with Crippen LogP contribution in [0, 0.1) is 0 Å². The largest absolute Gasteiger partial charge is 0.462 e. The first-order chi connectivity index (χ1) is 15.2. The first kappa shape index (κ1) is 23.5. The van der Waals surface area contributed by atoms with Crippen molar-refractivity contribution in [1.29, 1.82) is 0 Å². The van der Waals surface area contributed by atoms with Crippen LogP contribution in [0.3, 0.4) is 0 Å². The summed E-state index contributed by atoms with van der Waals surface area (Å²) in [7, 11) is -3.74. The van der Waals surface area contributed by atoms with Crippen molar-refractivity contribution in [1.82, 2.24) is 9.29 Å². The normalized spacial score (nSPS) is 15.3. The van der Waals surface area contributed by atoms with E-state index in [1.807, 2.05) is 4.90 Å². The van der Waals surface area contributed by atoms with E-state index in [9.17, 15) is 13.2 Å². The second-order valence-corrected chi connectivity index (χ2v) is 11.2. The third-order valence-corrected chi connectivity index (χ3v) is 8.94. The highest BCUT2D eigenvalue weighted by atomic mass is 35.5. The number of carbonyl (C=O) groups is 1. The lowest BCUT2D eigenvalue weighted by Gasteiger charge is -2.33. The molecule has 12 heteroatoms. The summed E-state index contributed by atoms with van der Waals surface area (Å²) in [6.45, 7) is 3.47. The van der Waals surface area contributed by atoms with Gasteiger partial charge in [0, 0.05) is 31.2 Å². The Hall–Kier alpha value is -1.62. The summed E-state index contributed by atoms with van der Waals surface area (Å²) in [4.78, 5) is 18.7. The SMILES string of the molecule is CCOC(=O)c1cc(Cl)c2nc(N3CCN(S(=O)(=O)c4ccc(Cl)cc4Cl)CC3)sc2c1. The molecule has 3 aromatic rings. The number of ether oxygens (including phenoxy) is 1. The van der Waals surface area contributed by atoms with Gasteiger partial charge in [0.15, 0.2) is 5.13 Å². The molecule has 1 aromatic heterocycles. The van der Waals surface area contributed by atoms with E-state index < -0.39 is 16.0 Å². The molecular weight excluding hydrogens is 517 g/mol. The van der Waals surface area contributed by atoms with Gasteiger partial charge in [-0.2, -0.15) is 4.31 Å². The molecule has 0 bridgehead atoms. The fraction of sp³-hybridized carbons (Fsp3) is 0.300. The van der Waals surface area contributed by atoms with Gasteiger partial charge in [-0.25, -0.2) is 18.2 Å². The maximum absolute atomic E-state index is 13.0. The van der Waals surface area contributed by atoms with Gasteiger partial charge in [0.25, 0.3) is 0 Å². The predicted molar refractivity (Wildman–Crippen MR) is 128 cm³/mol. The van der Waals surface area contributed by atoms with Crippen LogP contribution in [0.4, 0.5) is 5.13 Å². The van der Waals surface area contributed by atoms with Gasteiger partial charge >= 0.3 is 5.97 Å². The van der Waals surface area contributed by atoms with E-state index in [0.717, 1.165) is 4.70 Å². The number of hydrogen-bond acceptors (Lipinski definition) is 7. The average Bonchev–Trinajstić information content (AvgIpc) is 3.18. The van der Waals surface area contributed by atoms with Gasteiger partial charge in [0.2, 0.25) is 10.0 Å². The summed E-state index contributed by atoms with van der Waals surface area (Å²) in [5.74, 6) is -0.439. The molecule has 0 amide bonds. The van der Waals surface area contributed by atoms with E-state index in [4.69, 9.17) is 39.5 Å². The zero-order chi connectivity index (χ0) is 23.0. The Morgan fingerprint density at radius 1 is 1.09 bits per heavy atom. The van der Waals surface area contributed by atoms with Crippen LogP contribution in [0.2, 0.25) is 15.1 Å². The second kappa shape index (κ2) is 9.32. The lowest BCUT2D eigenvalue weighted by molar-refractivity contribution is 0.0526. The maximum Gasteiger partial charge on any atom is 0.338 e. The predicted octanol–water partition coefficient (Wildman–Crippen LogP) is 4.94. The van der Waals surface area contributed by atoms with Gasteiger partial charge in [-0.05, 0) is 37.3 Å². The van der Waals surface area contributed by atoms with Crippen molar-refractivity contribution >= 4 is 77.5 Å². The molecule has 0 unspecified atom stereocenters. The van der Waals surface area contributed by atoms with Gasteiger partial charge in [-0.1, -0.05) is 46.1 Å². The number of carbonyl (C=O) groups excluding carboxylic acids is 1. The van der Waals surface area contributed by atoms with Gasteiger partial charge in [0.1, 0.15) is 10.4 Å². The molecule has 0 atom stereocenters. The molecule has 2 aromatic carbocycles. The highest BCUT2D eigenvalue weighted by Crippen LogP contribution is 2.35. The molecular formula is C20H18Cl3N3O4S2. The molecule has 7 nitrogen and oxygen atoms in total. The van der Waals surface area contributed by atoms with Crippen LogP contribution in [-0.2, 0) is 14.8 Å². The Morgan fingerprint density at radius 3 is 2.47 bits per heavy atom. The maximum atomic E-state index is 13.0. The van der Waals surface area contributed by atoms with Gasteiger partial charge in [0.05, 0.1) is 26.9 Å². The van der Waals surface area contributed by atoms with Crippen molar-refractivity contribution in [3.8, 4) is 0 Å². The average molecular weight is 535 g/mol. The van der Waals surface area contributed by atoms with E-state index in [0.29, 0.717) is 39.3 Å². The van der Waals surface area contributed by atoms with Crippen molar-refractivity contribution < 1.29 is 17.9 Å². The molecule has 1 fully saturated rings. The zero-order valence-corrected chi connectivity index (χ0v) is 20.7. The van der Waals surface area contributed by atoms with Crippen LogP contribution in [0.15, 0.2) is 35.2 Å². The van der Waals surface area contributed by atoms with E-state index in [2.05, 4.69) is 4.98 Å². The molecule has 1 saturated heterocycles. The van der Waals surface area contributed by atoms with Crippen LogP contribution in [0.25, 0.3) is 10.2 Å². The number of aromatic nitrogens is 1. The van der Waals surface area contributed by atoms with Crippen LogP contribution < -0.4 is 4.90 Å². The molecule has 0 aliphatic carbocycles. The Bertz CT molecular complexity index is 1290. The summed E-state index contributed by atoms with van der Waals surface area (Å²) < 4.78 is 33.2. The molecule has 170 valence electrons. The Labute approximate surface area is 204 Å². The van der Waals surface area contributed by atoms with Crippen molar-refractivity contribution in [2.24, 2.45) is 0 Å². The van der Waals surface area contributed by atoms with E-state index >= 15 is 0 Å². The number of piperazine rings is 1. The highest BCUT2D eigenvalue weighted by molar-refractivity contribution is 7.89. The second-order valence-electron chi connectivity index (χ2n) is 6.99. The zero-order valence-electron chi connectivity index (χ0n) is 16.8. The first-order valence-corrected chi connectivity index (χ1v) is 13.1. The Kier molecular flexibility index (Phi) is 6.86. The molecule has 1 aliphatic rings. The topological polar surface area (TPSA) is 79.8 Å². The summed E-state index contributed by atoms with van der Waals surface area (Å²) in [6, 6.07) is 7.60. The summed E-state index contributed by atoms with van der Waals surface area (Å²) in [5.41, 5.74) is 0.970. The molecule has 2 heterocycles. The number of anilines is 1. The van der Waals surface area contributed by atoms with Crippen molar-refractivity contribution in [3.63, 3.8) is 0 Å². The van der Waals surface area contributed by atoms with Gasteiger partial charge in [-0.15, -0.1) is 0 Å². The van der Waals surface area contributed by atoms with Crippen LogP contribution >= 0.6 is 46.1 Å². The third kappa shape index (κ3) is 4.55. The molecule has 0 N–H and O–H groups in total. The van der Waals surface area contributed by atoms with Crippen LogP contribution in [0.5, 0.6) is 0 Å². The monoisotopic (exact) mass is 533 g/mol. The highest BCUT2D eigenvalue weighted by Gasteiger charge is 2.31. The molecule has 32 heavy (non-hydrogen) atoms. The first-order valence-electron chi connectivity index (χ1n) is 9.68. The smallest absolute Gasteiger partial charge is 0.338 e. The minimum absolute atomic E-state index is 0.0373. The minimum Gasteiger partial charge on any atom is -0.462 e. The molecule has 0 saturated carbocycles. The number of rotatable bonds is 5. The van der Waals surface area contributed by atoms with Crippen LogP contribution in [0.1, 0.15) is 17.3 Å². The number of nitrogens with zero attached hydrogens (tertiary/aromatic N) is 3. The molecule has 0 radical (unpaired) electrons. The fourth-order valence-electron chi connectivity index (χ4n) is 3.39. The number of sulfonamides is 1. The van der Waals surface area contributed by atoms with E-state index in [1.54, 1.807) is 19.1 Å². The van der Waals surface area contributed by atoms with E-state index in [-0.39, 0.29) is 29.6 Å². The Morgan fingerprint density at radius 2 is 1.81 bits per heavy atom. The third-order valence-electron chi connectivity index (χ3n) is 4.97. The van der Waals surface area contributed by atoms with Gasteiger partial charge in [-0.3, -0.25) is 0 Å². The van der Waals surface area contributed by atoms with E-state index in [1.165, 1.54) is 33.8 Å². The van der Waals surface area contributed by atoms with Crippen molar-refractivity contribution in [3.05, 3.63) is 51.0 Å². The molecule has 1 aliphatic heterocycles. The summed E-state index contributed by atoms with van der Waals surface area (Å²) in [5, 5.41) is 1.55. The molecule has 4 rings (SSSR count). The number of thiazole rings is 1. The standard InChI is InChI=1S/C20H18Cl3N3O4S2/c1-2-30-19(27)12-9-15(23)18-16(10-12)31-20(24-18)25-5-7-26(8-6-25)32(28,29)17-4-3-13(21)11-14(17)22/h3-4,9-11H,2,5-8H2,1H3. The number of hydrogen-bond donors (Lipinski definition) is 0.